The van der Waals surface area contributed by atoms with Crippen LogP contribution in [0.15, 0.2) is 46.0 Å². The Balaban J connectivity index is 2.20. The number of benzene rings is 1. The van der Waals surface area contributed by atoms with Crippen molar-refractivity contribution in [2.24, 2.45) is 0 Å². The van der Waals surface area contributed by atoms with Gasteiger partial charge in [-0.15, -0.1) is 0 Å². The highest BCUT2D eigenvalue weighted by atomic mass is 32.2. The Labute approximate surface area is 116 Å². The van der Waals surface area contributed by atoms with Crippen molar-refractivity contribution in [2.45, 2.75) is 17.9 Å². The van der Waals surface area contributed by atoms with E-state index >= 15 is 0 Å². The summed E-state index contributed by atoms with van der Waals surface area (Å²) in [5.74, 6) is 0. The normalized spacial score (nSPS) is 12.8. The van der Waals surface area contributed by atoms with Crippen LogP contribution in [-0.2, 0) is 10.0 Å². The molecule has 0 aliphatic rings. The zero-order chi connectivity index (χ0) is 13.9. The van der Waals surface area contributed by atoms with Crippen LogP contribution in [0.1, 0.15) is 24.1 Å². The van der Waals surface area contributed by atoms with Gasteiger partial charge in [0.25, 0.3) is 0 Å². The van der Waals surface area contributed by atoms with Crippen LogP contribution in [0.2, 0.25) is 0 Å². The first kappa shape index (κ1) is 13.7. The van der Waals surface area contributed by atoms with E-state index in [0.29, 0.717) is 5.56 Å². The zero-order valence-electron chi connectivity index (χ0n) is 10.2. The quantitative estimate of drug-likeness (QED) is 0.941. The summed E-state index contributed by atoms with van der Waals surface area (Å²) >= 11 is 1.52. The number of sulfonamides is 1. The highest BCUT2D eigenvalue weighted by molar-refractivity contribution is 7.89. The monoisotopic (exact) mass is 292 g/mol. The Hall–Kier alpha value is -1.68. The molecule has 1 unspecified atom stereocenters. The fourth-order valence-electron chi connectivity index (χ4n) is 1.60. The molecule has 0 radical (unpaired) electrons. The van der Waals surface area contributed by atoms with Gasteiger partial charge in [-0.2, -0.15) is 16.6 Å². The molecule has 1 aromatic heterocycles. The molecule has 1 heterocycles. The van der Waals surface area contributed by atoms with Gasteiger partial charge in [-0.25, -0.2) is 13.1 Å². The van der Waals surface area contributed by atoms with Crippen LogP contribution in [0.4, 0.5) is 0 Å². The van der Waals surface area contributed by atoms with E-state index < -0.39 is 10.0 Å². The summed E-state index contributed by atoms with van der Waals surface area (Å²) in [5.41, 5.74) is 1.37. The van der Waals surface area contributed by atoms with E-state index in [0.717, 1.165) is 5.56 Å². The van der Waals surface area contributed by atoms with Crippen LogP contribution >= 0.6 is 11.3 Å². The van der Waals surface area contributed by atoms with Crippen molar-refractivity contribution in [3.63, 3.8) is 0 Å². The molecular weight excluding hydrogens is 280 g/mol. The lowest BCUT2D eigenvalue weighted by Gasteiger charge is -2.13. The van der Waals surface area contributed by atoms with Crippen LogP contribution in [0.3, 0.4) is 0 Å². The fourth-order valence-corrected chi connectivity index (χ4v) is 3.58. The van der Waals surface area contributed by atoms with Gasteiger partial charge in [-0.05, 0) is 53.6 Å². The van der Waals surface area contributed by atoms with Crippen molar-refractivity contribution in [1.29, 1.82) is 5.26 Å². The molecule has 0 aliphatic heterocycles. The molecule has 0 amide bonds. The van der Waals surface area contributed by atoms with Crippen molar-refractivity contribution < 1.29 is 8.42 Å². The second kappa shape index (κ2) is 5.53. The minimum Gasteiger partial charge on any atom is -0.207 e. The molecule has 19 heavy (non-hydrogen) atoms. The molecule has 2 rings (SSSR count). The van der Waals surface area contributed by atoms with Gasteiger partial charge >= 0.3 is 0 Å². The lowest BCUT2D eigenvalue weighted by atomic mass is 10.2. The molecule has 0 bridgehead atoms. The SMILES string of the molecule is CC(NS(=O)(=O)c1ccc(C#N)cc1)c1ccsc1. The number of nitrogens with zero attached hydrogens (tertiary/aromatic N) is 1. The standard InChI is InChI=1S/C13H12N2O2S2/c1-10(12-6-7-18-9-12)15-19(16,17)13-4-2-11(8-14)3-5-13/h2-7,9-10,15H,1H3. The van der Waals surface area contributed by atoms with E-state index in [4.69, 9.17) is 5.26 Å². The van der Waals surface area contributed by atoms with E-state index in [1.54, 1.807) is 6.92 Å². The zero-order valence-corrected chi connectivity index (χ0v) is 11.8. The summed E-state index contributed by atoms with van der Waals surface area (Å²) < 4.78 is 26.9. The van der Waals surface area contributed by atoms with Gasteiger partial charge in [0.15, 0.2) is 0 Å². The van der Waals surface area contributed by atoms with E-state index in [9.17, 15) is 8.42 Å². The predicted molar refractivity (Wildman–Crippen MR) is 74.2 cm³/mol. The molecule has 0 spiro atoms. The molecule has 1 atom stereocenters. The molecule has 1 N–H and O–H groups in total. The Morgan fingerprint density at radius 1 is 1.26 bits per heavy atom. The summed E-state index contributed by atoms with van der Waals surface area (Å²) in [7, 11) is -3.57. The molecular formula is C13H12N2O2S2. The van der Waals surface area contributed by atoms with Gasteiger partial charge in [0.1, 0.15) is 0 Å². The highest BCUT2D eigenvalue weighted by Gasteiger charge is 2.18. The van der Waals surface area contributed by atoms with Gasteiger partial charge in [-0.3, -0.25) is 0 Å². The molecule has 0 fully saturated rings. The Kier molecular flexibility index (Phi) is 4.00. The first-order chi connectivity index (χ1) is 9.03. The number of nitrogens with one attached hydrogen (secondary N) is 1. The van der Waals surface area contributed by atoms with E-state index in [2.05, 4.69) is 4.72 Å². The number of nitriles is 1. The first-order valence-corrected chi connectivity index (χ1v) is 8.00. The maximum atomic E-state index is 12.1. The molecule has 0 aliphatic carbocycles. The molecule has 2 aromatic rings. The van der Waals surface area contributed by atoms with Crippen LogP contribution < -0.4 is 4.72 Å². The second-order valence-electron chi connectivity index (χ2n) is 4.04. The lowest BCUT2D eigenvalue weighted by molar-refractivity contribution is 0.567. The van der Waals surface area contributed by atoms with Crippen molar-refractivity contribution >= 4 is 21.4 Å². The molecule has 0 saturated carbocycles. The van der Waals surface area contributed by atoms with E-state index in [-0.39, 0.29) is 10.9 Å². The lowest BCUT2D eigenvalue weighted by Crippen LogP contribution is -2.26. The van der Waals surface area contributed by atoms with Crippen molar-refractivity contribution in [3.8, 4) is 6.07 Å². The molecule has 6 heteroatoms. The Bertz CT molecular complexity index is 683. The minimum atomic E-state index is -3.57. The Morgan fingerprint density at radius 2 is 1.95 bits per heavy atom. The number of rotatable bonds is 4. The maximum Gasteiger partial charge on any atom is 0.241 e. The van der Waals surface area contributed by atoms with E-state index in [1.165, 1.54) is 35.6 Å². The molecule has 0 saturated heterocycles. The van der Waals surface area contributed by atoms with Gasteiger partial charge in [0, 0.05) is 6.04 Å². The summed E-state index contributed by atoms with van der Waals surface area (Å²) in [6.45, 7) is 1.79. The molecule has 4 nitrogen and oxygen atoms in total. The van der Waals surface area contributed by atoms with Crippen LogP contribution in [0.25, 0.3) is 0 Å². The summed E-state index contributed by atoms with van der Waals surface area (Å²) in [4.78, 5) is 0.161. The summed E-state index contributed by atoms with van der Waals surface area (Å²) in [6, 6.07) is 9.40. The average molecular weight is 292 g/mol. The third-order valence-corrected chi connectivity index (χ3v) is 4.93. The molecule has 98 valence electrons. The van der Waals surface area contributed by atoms with E-state index in [1.807, 2.05) is 22.9 Å². The Morgan fingerprint density at radius 3 is 2.47 bits per heavy atom. The van der Waals surface area contributed by atoms with Crippen LogP contribution in [-0.4, -0.2) is 8.42 Å². The van der Waals surface area contributed by atoms with Gasteiger partial charge in [0.05, 0.1) is 16.5 Å². The van der Waals surface area contributed by atoms with Crippen LogP contribution in [0, 0.1) is 11.3 Å². The number of hydrogen-bond donors (Lipinski definition) is 1. The maximum absolute atomic E-state index is 12.1. The first-order valence-electron chi connectivity index (χ1n) is 5.57. The van der Waals surface area contributed by atoms with Crippen molar-refractivity contribution in [3.05, 3.63) is 52.2 Å². The van der Waals surface area contributed by atoms with Crippen molar-refractivity contribution in [2.75, 3.05) is 0 Å². The topological polar surface area (TPSA) is 70.0 Å². The molecule has 1 aromatic carbocycles. The second-order valence-corrected chi connectivity index (χ2v) is 6.53. The van der Waals surface area contributed by atoms with Gasteiger partial charge in [-0.1, -0.05) is 0 Å². The van der Waals surface area contributed by atoms with Crippen LogP contribution in [0.5, 0.6) is 0 Å². The highest BCUT2D eigenvalue weighted by Crippen LogP contribution is 2.19. The average Bonchev–Trinajstić information content (AvgIpc) is 2.92. The summed E-state index contributed by atoms with van der Waals surface area (Å²) in [6.07, 6.45) is 0. The third-order valence-electron chi connectivity index (χ3n) is 2.67. The predicted octanol–water partition coefficient (Wildman–Crippen LogP) is 2.66. The van der Waals surface area contributed by atoms with Gasteiger partial charge < -0.3 is 0 Å². The van der Waals surface area contributed by atoms with Crippen molar-refractivity contribution in [1.82, 2.24) is 4.72 Å². The smallest absolute Gasteiger partial charge is 0.207 e. The largest absolute Gasteiger partial charge is 0.241 e. The minimum absolute atomic E-state index is 0.161. The van der Waals surface area contributed by atoms with Gasteiger partial charge in [0.2, 0.25) is 10.0 Å². The number of hydrogen-bond acceptors (Lipinski definition) is 4. The summed E-state index contributed by atoms with van der Waals surface area (Å²) in [5, 5.41) is 12.5. The number of thiophene rings is 1. The fraction of sp³-hybridized carbons (Fsp3) is 0.154. The third kappa shape index (κ3) is 3.20.